The molecular weight excluding hydrogens is 226 g/mol. The van der Waals surface area contributed by atoms with Crippen molar-refractivity contribution >= 4 is 9.84 Å². The van der Waals surface area contributed by atoms with Crippen molar-refractivity contribution in [2.75, 3.05) is 18.1 Å². The fourth-order valence-electron chi connectivity index (χ4n) is 2.43. The van der Waals surface area contributed by atoms with Crippen molar-refractivity contribution < 1.29 is 13.2 Å². The van der Waals surface area contributed by atoms with E-state index in [-0.39, 0.29) is 0 Å². The van der Waals surface area contributed by atoms with Crippen LogP contribution in [0.2, 0.25) is 0 Å². The average Bonchev–Trinajstić information content (AvgIpc) is 2.63. The Kier molecular flexibility index (Phi) is 3.87. The van der Waals surface area contributed by atoms with Gasteiger partial charge in [-0.1, -0.05) is 0 Å². The van der Waals surface area contributed by atoms with E-state index in [9.17, 15) is 8.42 Å². The highest BCUT2D eigenvalue weighted by Crippen LogP contribution is 2.19. The molecule has 0 bridgehead atoms. The van der Waals surface area contributed by atoms with Gasteiger partial charge in [0.15, 0.2) is 0 Å². The van der Waals surface area contributed by atoms with E-state index in [1.54, 1.807) is 0 Å². The van der Waals surface area contributed by atoms with Crippen LogP contribution in [0.3, 0.4) is 0 Å². The van der Waals surface area contributed by atoms with Crippen molar-refractivity contribution in [1.82, 2.24) is 5.32 Å². The standard InChI is InChI=1S/C11H21NO3S/c1-9-2-3-11(15-9)8-12-10-4-6-16(13,14)7-5-10/h9-12H,2-8H2,1H3. The van der Waals surface area contributed by atoms with Gasteiger partial charge in [-0.3, -0.25) is 0 Å². The molecule has 2 aliphatic heterocycles. The lowest BCUT2D eigenvalue weighted by atomic mass is 10.1. The number of sulfone groups is 1. The molecule has 2 heterocycles. The Morgan fingerprint density at radius 3 is 2.44 bits per heavy atom. The molecule has 0 spiro atoms. The lowest BCUT2D eigenvalue weighted by molar-refractivity contribution is 0.0541. The second kappa shape index (κ2) is 5.02. The lowest BCUT2D eigenvalue weighted by Crippen LogP contribution is -2.41. The van der Waals surface area contributed by atoms with Crippen LogP contribution >= 0.6 is 0 Å². The molecule has 2 atom stereocenters. The van der Waals surface area contributed by atoms with Crippen LogP contribution in [0, 0.1) is 0 Å². The van der Waals surface area contributed by atoms with E-state index >= 15 is 0 Å². The van der Waals surface area contributed by atoms with E-state index in [4.69, 9.17) is 4.74 Å². The van der Waals surface area contributed by atoms with Crippen molar-refractivity contribution in [2.45, 2.75) is 50.9 Å². The third-order valence-corrected chi connectivity index (χ3v) is 5.22. The highest BCUT2D eigenvalue weighted by atomic mass is 32.2. The SMILES string of the molecule is CC1CCC(CNC2CCS(=O)(=O)CC2)O1. The quantitative estimate of drug-likeness (QED) is 0.798. The summed E-state index contributed by atoms with van der Waals surface area (Å²) in [6, 6.07) is 0.364. The Morgan fingerprint density at radius 2 is 1.88 bits per heavy atom. The van der Waals surface area contributed by atoms with E-state index < -0.39 is 9.84 Å². The van der Waals surface area contributed by atoms with Crippen molar-refractivity contribution in [3.8, 4) is 0 Å². The van der Waals surface area contributed by atoms with Gasteiger partial charge in [0, 0.05) is 12.6 Å². The minimum absolute atomic E-state index is 0.327. The molecular formula is C11H21NO3S. The van der Waals surface area contributed by atoms with Gasteiger partial charge in [-0.15, -0.1) is 0 Å². The second-order valence-electron chi connectivity index (χ2n) is 4.98. The first kappa shape index (κ1) is 12.3. The van der Waals surface area contributed by atoms with Gasteiger partial charge < -0.3 is 10.1 Å². The summed E-state index contributed by atoms with van der Waals surface area (Å²) in [5.74, 6) is 0.680. The van der Waals surface area contributed by atoms with Crippen molar-refractivity contribution in [3.63, 3.8) is 0 Å². The molecule has 2 unspecified atom stereocenters. The van der Waals surface area contributed by atoms with Gasteiger partial charge in [0.2, 0.25) is 0 Å². The Balaban J connectivity index is 1.68. The molecule has 94 valence electrons. The Hall–Kier alpha value is -0.130. The van der Waals surface area contributed by atoms with Crippen molar-refractivity contribution in [2.24, 2.45) is 0 Å². The molecule has 16 heavy (non-hydrogen) atoms. The van der Waals surface area contributed by atoms with Gasteiger partial charge >= 0.3 is 0 Å². The monoisotopic (exact) mass is 247 g/mol. The Morgan fingerprint density at radius 1 is 1.19 bits per heavy atom. The first-order chi connectivity index (χ1) is 7.55. The van der Waals surface area contributed by atoms with Gasteiger partial charge in [0.05, 0.1) is 23.7 Å². The zero-order chi connectivity index (χ0) is 11.6. The van der Waals surface area contributed by atoms with E-state index in [1.807, 2.05) is 0 Å². The van der Waals surface area contributed by atoms with Crippen LogP contribution in [0.5, 0.6) is 0 Å². The molecule has 0 aromatic rings. The molecule has 2 rings (SSSR count). The molecule has 5 heteroatoms. The fraction of sp³-hybridized carbons (Fsp3) is 1.00. The summed E-state index contributed by atoms with van der Waals surface area (Å²) < 4.78 is 28.2. The van der Waals surface area contributed by atoms with Crippen LogP contribution in [0.25, 0.3) is 0 Å². The number of nitrogens with one attached hydrogen (secondary N) is 1. The third-order valence-electron chi connectivity index (χ3n) is 3.51. The van der Waals surface area contributed by atoms with Crippen LogP contribution in [0.4, 0.5) is 0 Å². The smallest absolute Gasteiger partial charge is 0.150 e. The van der Waals surface area contributed by atoms with Gasteiger partial charge in [0.25, 0.3) is 0 Å². The molecule has 0 aromatic heterocycles. The predicted octanol–water partition coefficient (Wildman–Crippen LogP) is 0.721. The first-order valence-electron chi connectivity index (χ1n) is 6.14. The predicted molar refractivity (Wildman–Crippen MR) is 63.2 cm³/mol. The van der Waals surface area contributed by atoms with E-state index in [1.165, 1.54) is 0 Å². The molecule has 2 fully saturated rings. The summed E-state index contributed by atoms with van der Waals surface area (Å²) in [5, 5.41) is 3.43. The maximum absolute atomic E-state index is 11.2. The molecule has 0 aromatic carbocycles. The number of hydrogen-bond donors (Lipinski definition) is 1. The van der Waals surface area contributed by atoms with E-state index in [0.717, 1.165) is 32.2 Å². The Bertz CT molecular complexity index is 314. The van der Waals surface area contributed by atoms with Crippen LogP contribution in [0.15, 0.2) is 0 Å². The lowest BCUT2D eigenvalue weighted by Gasteiger charge is -2.24. The topological polar surface area (TPSA) is 55.4 Å². The van der Waals surface area contributed by atoms with Crippen LogP contribution in [-0.2, 0) is 14.6 Å². The molecule has 0 aliphatic carbocycles. The van der Waals surface area contributed by atoms with Crippen molar-refractivity contribution in [1.29, 1.82) is 0 Å². The first-order valence-corrected chi connectivity index (χ1v) is 7.96. The van der Waals surface area contributed by atoms with Crippen molar-refractivity contribution in [3.05, 3.63) is 0 Å². The highest BCUT2D eigenvalue weighted by Gasteiger charge is 2.26. The van der Waals surface area contributed by atoms with Crippen LogP contribution in [0.1, 0.15) is 32.6 Å². The number of rotatable bonds is 3. The summed E-state index contributed by atoms with van der Waals surface area (Å²) in [6.07, 6.45) is 4.49. The third kappa shape index (κ3) is 3.43. The highest BCUT2D eigenvalue weighted by molar-refractivity contribution is 7.91. The minimum Gasteiger partial charge on any atom is -0.374 e. The zero-order valence-corrected chi connectivity index (χ0v) is 10.6. The minimum atomic E-state index is -2.73. The zero-order valence-electron chi connectivity index (χ0n) is 9.81. The van der Waals surface area contributed by atoms with E-state index in [2.05, 4.69) is 12.2 Å². The summed E-state index contributed by atoms with van der Waals surface area (Å²) in [6.45, 7) is 2.97. The number of hydrogen-bond acceptors (Lipinski definition) is 4. The molecule has 2 aliphatic rings. The number of ether oxygens (including phenoxy) is 1. The fourth-order valence-corrected chi connectivity index (χ4v) is 3.92. The second-order valence-corrected chi connectivity index (χ2v) is 7.28. The molecule has 2 saturated heterocycles. The molecule has 1 N–H and O–H groups in total. The molecule has 4 nitrogen and oxygen atoms in total. The van der Waals surface area contributed by atoms with Crippen LogP contribution < -0.4 is 5.32 Å². The van der Waals surface area contributed by atoms with Gasteiger partial charge in [-0.25, -0.2) is 8.42 Å². The largest absolute Gasteiger partial charge is 0.374 e. The molecule has 0 radical (unpaired) electrons. The Labute approximate surface area is 97.7 Å². The van der Waals surface area contributed by atoms with Crippen LogP contribution in [-0.4, -0.2) is 44.7 Å². The van der Waals surface area contributed by atoms with Gasteiger partial charge in [-0.05, 0) is 32.6 Å². The maximum atomic E-state index is 11.2. The normalized spacial score (nSPS) is 35.3. The molecule has 0 saturated carbocycles. The summed E-state index contributed by atoms with van der Waals surface area (Å²) in [4.78, 5) is 0. The average molecular weight is 247 g/mol. The summed E-state index contributed by atoms with van der Waals surface area (Å²) >= 11 is 0. The molecule has 0 amide bonds. The van der Waals surface area contributed by atoms with Gasteiger partial charge in [0.1, 0.15) is 9.84 Å². The summed E-state index contributed by atoms with van der Waals surface area (Å²) in [5.41, 5.74) is 0. The maximum Gasteiger partial charge on any atom is 0.150 e. The summed E-state index contributed by atoms with van der Waals surface area (Å²) in [7, 11) is -2.73. The van der Waals surface area contributed by atoms with E-state index in [0.29, 0.717) is 29.8 Å². The van der Waals surface area contributed by atoms with Gasteiger partial charge in [-0.2, -0.15) is 0 Å².